The van der Waals surface area contributed by atoms with Crippen molar-refractivity contribution in [2.24, 2.45) is 0 Å². The Kier molecular flexibility index (Phi) is 8.03. The molecule has 1 aliphatic rings. The summed E-state index contributed by atoms with van der Waals surface area (Å²) in [6.07, 6.45) is 5.14. The molecule has 10 heteroatoms. The van der Waals surface area contributed by atoms with Crippen LogP contribution >= 0.6 is 0 Å². The minimum absolute atomic E-state index is 0.0681. The number of ether oxygens (including phenoxy) is 2. The van der Waals surface area contributed by atoms with E-state index in [1.54, 1.807) is 12.4 Å². The van der Waals surface area contributed by atoms with Gasteiger partial charge in [-0.15, -0.1) is 0 Å². The average Bonchev–Trinajstić information content (AvgIpc) is 3.33. The summed E-state index contributed by atoms with van der Waals surface area (Å²) in [5, 5.41) is 0.225. The van der Waals surface area contributed by atoms with Crippen molar-refractivity contribution in [3.63, 3.8) is 0 Å². The fraction of sp³-hybridized carbons (Fsp3) is 0.720. The number of imidazole rings is 1. The summed E-state index contributed by atoms with van der Waals surface area (Å²) in [4.78, 5) is 13.3. The van der Waals surface area contributed by atoms with Crippen molar-refractivity contribution < 1.29 is 18.3 Å². The Morgan fingerprint density at radius 2 is 1.71 bits per heavy atom. The Balaban J connectivity index is 1.88. The molecule has 8 nitrogen and oxygen atoms in total. The van der Waals surface area contributed by atoms with E-state index in [-0.39, 0.29) is 28.5 Å². The van der Waals surface area contributed by atoms with Gasteiger partial charge in [0.25, 0.3) is 0 Å². The molecule has 3 rings (SSSR count). The molecule has 0 amide bonds. The zero-order chi connectivity index (χ0) is 26.2. The maximum atomic E-state index is 6.89. The lowest BCUT2D eigenvalue weighted by Gasteiger charge is -2.40. The topological polar surface area (TPSA) is 80.5 Å². The lowest BCUT2D eigenvalue weighted by molar-refractivity contribution is -0.0383. The number of fused-ring (bicyclic) bond motifs is 1. The maximum Gasteiger partial charge on any atom is 0.245 e. The molecular formula is C25H44N4O4Si2. The molecule has 0 spiro atoms. The Hall–Kier alpha value is -1.60. The summed E-state index contributed by atoms with van der Waals surface area (Å²) in [5.74, 6) is 0.443. The molecule has 1 aliphatic heterocycles. The van der Waals surface area contributed by atoms with Crippen LogP contribution in [0.15, 0.2) is 25.3 Å². The molecular weight excluding hydrogens is 476 g/mol. The van der Waals surface area contributed by atoms with E-state index in [1.165, 1.54) is 6.33 Å². The van der Waals surface area contributed by atoms with Gasteiger partial charge >= 0.3 is 0 Å². The van der Waals surface area contributed by atoms with Gasteiger partial charge in [-0.25, -0.2) is 9.97 Å². The molecule has 2 aromatic rings. The molecule has 3 heterocycles. The van der Waals surface area contributed by atoms with Gasteiger partial charge in [-0.1, -0.05) is 54.2 Å². The van der Waals surface area contributed by atoms with Crippen molar-refractivity contribution in [1.82, 2.24) is 19.5 Å². The molecule has 0 radical (unpaired) electrons. The minimum atomic E-state index is -2.02. The largest absolute Gasteiger partial charge is 0.472 e. The standard InChI is InChI=1S/C25H44N4O4Si2/c1-12-13-30-23-21-22(26-16-27-23)29(17-28-21)20-14-18(33-35(10,11)25(5,6)7)19(32-20)15-31-34(8,9)24(2,3)4/h12,16-20H,1,13-15H2,2-11H3/t18-,19+,20+/m0/s1. The highest BCUT2D eigenvalue weighted by atomic mass is 28.4. The Morgan fingerprint density at radius 3 is 2.31 bits per heavy atom. The van der Waals surface area contributed by atoms with Crippen molar-refractivity contribution >= 4 is 27.8 Å². The molecule has 1 fully saturated rings. The van der Waals surface area contributed by atoms with E-state index in [9.17, 15) is 0 Å². The smallest absolute Gasteiger partial charge is 0.245 e. The number of aromatic nitrogens is 4. The van der Waals surface area contributed by atoms with Gasteiger partial charge in [0.05, 0.1) is 19.0 Å². The number of hydrogen-bond donors (Lipinski definition) is 0. The van der Waals surface area contributed by atoms with Crippen molar-refractivity contribution in [1.29, 1.82) is 0 Å². The fourth-order valence-corrected chi connectivity index (χ4v) is 5.86. The van der Waals surface area contributed by atoms with Crippen LogP contribution in [0.4, 0.5) is 0 Å². The van der Waals surface area contributed by atoms with Crippen LogP contribution in [0.1, 0.15) is 54.2 Å². The zero-order valence-electron chi connectivity index (χ0n) is 23.2. The summed E-state index contributed by atoms with van der Waals surface area (Å²) in [7, 11) is -3.96. The molecule has 3 atom stereocenters. The van der Waals surface area contributed by atoms with E-state index in [2.05, 4.69) is 89.3 Å². The lowest BCUT2D eigenvalue weighted by atomic mass is 10.2. The number of nitrogens with zero attached hydrogens (tertiary/aromatic N) is 4. The van der Waals surface area contributed by atoms with Crippen molar-refractivity contribution in [3.8, 4) is 5.88 Å². The second kappa shape index (κ2) is 10.0. The van der Waals surface area contributed by atoms with Gasteiger partial charge in [-0.3, -0.25) is 4.57 Å². The summed E-state index contributed by atoms with van der Waals surface area (Å²) in [6, 6.07) is 0. The van der Waals surface area contributed by atoms with Crippen LogP contribution in [0, 0.1) is 0 Å². The first-order valence-electron chi connectivity index (χ1n) is 12.5. The number of hydrogen-bond acceptors (Lipinski definition) is 7. The Labute approximate surface area is 212 Å². The molecule has 0 saturated carbocycles. The molecule has 0 aromatic carbocycles. The van der Waals surface area contributed by atoms with Crippen LogP contribution in [0.5, 0.6) is 5.88 Å². The molecule has 1 saturated heterocycles. The van der Waals surface area contributed by atoms with Gasteiger partial charge in [0.15, 0.2) is 27.8 Å². The van der Waals surface area contributed by atoms with Gasteiger partial charge in [-0.05, 0) is 36.3 Å². The van der Waals surface area contributed by atoms with Crippen LogP contribution in [-0.4, -0.2) is 61.6 Å². The van der Waals surface area contributed by atoms with Gasteiger partial charge in [0, 0.05) is 6.42 Å². The minimum Gasteiger partial charge on any atom is -0.472 e. The van der Waals surface area contributed by atoms with E-state index < -0.39 is 16.6 Å². The summed E-state index contributed by atoms with van der Waals surface area (Å²) in [5.41, 5.74) is 1.29. The lowest BCUT2D eigenvalue weighted by Crippen LogP contribution is -2.48. The Morgan fingerprint density at radius 1 is 1.06 bits per heavy atom. The number of rotatable bonds is 9. The first kappa shape index (κ1) is 28.0. The summed E-state index contributed by atoms with van der Waals surface area (Å²) in [6.45, 7) is 27.2. The van der Waals surface area contributed by atoms with Gasteiger partial charge in [-0.2, -0.15) is 4.98 Å². The summed E-state index contributed by atoms with van der Waals surface area (Å²) >= 11 is 0. The van der Waals surface area contributed by atoms with E-state index in [1.807, 2.05) is 4.57 Å². The van der Waals surface area contributed by atoms with Gasteiger partial charge < -0.3 is 18.3 Å². The third-order valence-electron chi connectivity index (χ3n) is 7.82. The third-order valence-corrected chi connectivity index (χ3v) is 16.8. The van der Waals surface area contributed by atoms with Crippen LogP contribution < -0.4 is 4.74 Å². The highest BCUT2D eigenvalue weighted by Gasteiger charge is 2.46. The second-order valence-corrected chi connectivity index (χ2v) is 22.0. The van der Waals surface area contributed by atoms with Crippen LogP contribution in [0.2, 0.25) is 36.3 Å². The molecule has 0 N–H and O–H groups in total. The van der Waals surface area contributed by atoms with E-state index in [4.69, 9.17) is 18.3 Å². The fourth-order valence-electron chi connectivity index (χ4n) is 3.49. The third kappa shape index (κ3) is 6.04. The molecule has 2 aromatic heterocycles. The van der Waals surface area contributed by atoms with Crippen LogP contribution in [0.25, 0.3) is 11.2 Å². The monoisotopic (exact) mass is 520 g/mol. The van der Waals surface area contributed by atoms with E-state index in [0.717, 1.165) is 0 Å². The predicted molar refractivity (Wildman–Crippen MR) is 145 cm³/mol. The van der Waals surface area contributed by atoms with Crippen molar-refractivity contribution in [3.05, 3.63) is 25.3 Å². The average molecular weight is 521 g/mol. The van der Waals surface area contributed by atoms with Gasteiger partial charge in [0.2, 0.25) is 5.88 Å². The SMILES string of the molecule is C=CCOc1ncnc2c1ncn2[C@H]1C[C@H](O[Si](C)(C)C(C)(C)C)[C@@H](CO[Si](C)(C)C(C)(C)C)O1. The van der Waals surface area contributed by atoms with Gasteiger partial charge in [0.1, 0.15) is 25.3 Å². The first-order valence-corrected chi connectivity index (χ1v) is 18.3. The van der Waals surface area contributed by atoms with Crippen LogP contribution in [-0.2, 0) is 13.6 Å². The normalized spacial score (nSPS) is 22.1. The Bertz CT molecular complexity index is 1030. The second-order valence-electron chi connectivity index (χ2n) is 12.5. The van der Waals surface area contributed by atoms with Crippen molar-refractivity contribution in [2.75, 3.05) is 13.2 Å². The highest BCUT2D eigenvalue weighted by molar-refractivity contribution is 6.74. The van der Waals surface area contributed by atoms with E-state index >= 15 is 0 Å². The predicted octanol–water partition coefficient (Wildman–Crippen LogP) is 6.09. The highest BCUT2D eigenvalue weighted by Crippen LogP contribution is 2.43. The maximum absolute atomic E-state index is 6.89. The van der Waals surface area contributed by atoms with Crippen molar-refractivity contribution in [2.45, 2.75) is 103 Å². The molecule has 0 unspecified atom stereocenters. The molecule has 0 aliphatic carbocycles. The zero-order valence-corrected chi connectivity index (χ0v) is 25.2. The van der Waals surface area contributed by atoms with Crippen LogP contribution in [0.3, 0.4) is 0 Å². The quantitative estimate of drug-likeness (QED) is 0.292. The molecule has 35 heavy (non-hydrogen) atoms. The molecule has 196 valence electrons. The van der Waals surface area contributed by atoms with E-state index in [0.29, 0.717) is 36.7 Å². The molecule has 0 bridgehead atoms. The summed E-state index contributed by atoms with van der Waals surface area (Å²) < 4.78 is 27.7. The first-order chi connectivity index (χ1) is 16.1.